The number of hydrogen-bond acceptors (Lipinski definition) is 3. The van der Waals surface area contributed by atoms with Crippen LogP contribution in [-0.4, -0.2) is 35.4 Å². The molecule has 0 unspecified atom stereocenters. The van der Waals surface area contributed by atoms with Gasteiger partial charge in [0, 0.05) is 44.4 Å². The van der Waals surface area contributed by atoms with Crippen LogP contribution in [0.4, 0.5) is 0 Å². The molecule has 0 saturated carbocycles. The lowest BCUT2D eigenvalue weighted by Gasteiger charge is -2.09. The van der Waals surface area contributed by atoms with Crippen molar-refractivity contribution in [1.82, 2.24) is 15.1 Å². The van der Waals surface area contributed by atoms with E-state index in [0.717, 1.165) is 26.2 Å². The van der Waals surface area contributed by atoms with Crippen molar-refractivity contribution in [3.8, 4) is 0 Å². The Morgan fingerprint density at radius 1 is 1.62 bits per heavy atom. The van der Waals surface area contributed by atoms with Crippen molar-refractivity contribution in [2.45, 2.75) is 19.4 Å². The Labute approximate surface area is 94.8 Å². The van der Waals surface area contributed by atoms with Crippen LogP contribution in [0.5, 0.6) is 0 Å². The number of hydrogen-bond donors (Lipinski definition) is 1. The van der Waals surface area contributed by atoms with Gasteiger partial charge >= 0.3 is 0 Å². The second-order valence-electron chi connectivity index (χ2n) is 4.05. The highest BCUT2D eigenvalue weighted by Gasteiger charge is 2.15. The average Bonchev–Trinajstić information content (AvgIpc) is 2.96. The van der Waals surface area contributed by atoms with Gasteiger partial charge in [0.15, 0.2) is 0 Å². The van der Waals surface area contributed by atoms with Crippen LogP contribution in [0.25, 0.3) is 0 Å². The van der Waals surface area contributed by atoms with Gasteiger partial charge in [0.05, 0.1) is 6.61 Å². The van der Waals surface area contributed by atoms with Crippen LogP contribution < -0.4 is 5.32 Å². The fourth-order valence-electron chi connectivity index (χ4n) is 1.74. The minimum Gasteiger partial charge on any atom is -0.381 e. The number of carbonyl (C=O) groups excluding carboxylic acids is 1. The van der Waals surface area contributed by atoms with Gasteiger partial charge < -0.3 is 10.1 Å². The molecule has 0 spiro atoms. The van der Waals surface area contributed by atoms with Gasteiger partial charge in [0.2, 0.25) is 5.91 Å². The van der Waals surface area contributed by atoms with Crippen molar-refractivity contribution < 1.29 is 9.53 Å². The maximum Gasteiger partial charge on any atom is 0.221 e. The fraction of sp³-hybridized carbons (Fsp3) is 0.636. The quantitative estimate of drug-likeness (QED) is 0.787. The zero-order valence-corrected chi connectivity index (χ0v) is 9.26. The summed E-state index contributed by atoms with van der Waals surface area (Å²) in [6.07, 6.45) is 5.11. The van der Waals surface area contributed by atoms with Crippen molar-refractivity contribution in [2.24, 2.45) is 5.92 Å². The van der Waals surface area contributed by atoms with E-state index >= 15 is 0 Å². The van der Waals surface area contributed by atoms with Gasteiger partial charge in [0.25, 0.3) is 0 Å². The molecule has 0 aliphatic carbocycles. The highest BCUT2D eigenvalue weighted by atomic mass is 16.5. The number of aromatic nitrogens is 2. The summed E-state index contributed by atoms with van der Waals surface area (Å²) in [5.41, 5.74) is 0. The maximum atomic E-state index is 11.5. The summed E-state index contributed by atoms with van der Waals surface area (Å²) in [7, 11) is 0. The highest BCUT2D eigenvalue weighted by Crippen LogP contribution is 2.10. The van der Waals surface area contributed by atoms with Crippen LogP contribution in [0.15, 0.2) is 18.5 Å². The van der Waals surface area contributed by atoms with Gasteiger partial charge in [0.1, 0.15) is 0 Å². The molecule has 0 radical (unpaired) electrons. The molecule has 1 aromatic heterocycles. The first kappa shape index (κ1) is 11.1. The zero-order chi connectivity index (χ0) is 11.2. The minimum absolute atomic E-state index is 0.0856. The number of carbonyl (C=O) groups is 1. The summed E-state index contributed by atoms with van der Waals surface area (Å²) in [5.74, 6) is 0.580. The van der Waals surface area contributed by atoms with E-state index in [1.807, 2.05) is 12.3 Å². The van der Waals surface area contributed by atoms with Gasteiger partial charge in [-0.05, 0) is 12.5 Å². The third-order valence-corrected chi connectivity index (χ3v) is 2.74. The van der Waals surface area contributed by atoms with Crippen molar-refractivity contribution >= 4 is 5.91 Å². The summed E-state index contributed by atoms with van der Waals surface area (Å²) < 4.78 is 7.01. The SMILES string of the molecule is O=C(CCn1cccn1)NC[C@H]1CCOC1. The third kappa shape index (κ3) is 3.34. The normalized spacial score (nSPS) is 19.9. The van der Waals surface area contributed by atoms with E-state index in [4.69, 9.17) is 4.74 Å². The van der Waals surface area contributed by atoms with Crippen molar-refractivity contribution in [3.05, 3.63) is 18.5 Å². The molecule has 2 rings (SSSR count). The molecule has 1 saturated heterocycles. The van der Waals surface area contributed by atoms with Crippen LogP contribution in [0.3, 0.4) is 0 Å². The molecule has 1 aliphatic rings. The molecule has 16 heavy (non-hydrogen) atoms. The molecular formula is C11H17N3O2. The van der Waals surface area contributed by atoms with E-state index in [2.05, 4.69) is 10.4 Å². The van der Waals surface area contributed by atoms with E-state index in [-0.39, 0.29) is 5.91 Å². The van der Waals surface area contributed by atoms with Crippen molar-refractivity contribution in [1.29, 1.82) is 0 Å². The molecule has 1 N–H and O–H groups in total. The number of nitrogens with zero attached hydrogens (tertiary/aromatic N) is 2. The van der Waals surface area contributed by atoms with Crippen LogP contribution in [0.1, 0.15) is 12.8 Å². The Kier molecular flexibility index (Phi) is 3.93. The van der Waals surface area contributed by atoms with E-state index in [9.17, 15) is 4.79 Å². The lowest BCUT2D eigenvalue weighted by atomic mass is 10.1. The van der Waals surface area contributed by atoms with Gasteiger partial charge in [-0.2, -0.15) is 5.10 Å². The fourth-order valence-corrected chi connectivity index (χ4v) is 1.74. The molecule has 5 heteroatoms. The number of rotatable bonds is 5. The van der Waals surface area contributed by atoms with E-state index in [1.54, 1.807) is 10.9 Å². The first-order valence-corrected chi connectivity index (χ1v) is 5.66. The molecule has 2 heterocycles. The Bertz CT molecular complexity index is 318. The van der Waals surface area contributed by atoms with Crippen LogP contribution >= 0.6 is 0 Å². The Morgan fingerprint density at radius 3 is 3.25 bits per heavy atom. The maximum absolute atomic E-state index is 11.5. The van der Waals surface area contributed by atoms with Crippen LogP contribution in [0.2, 0.25) is 0 Å². The standard InChI is InChI=1S/C11H17N3O2/c15-11(2-6-14-5-1-4-13-14)12-8-10-3-7-16-9-10/h1,4-5,10H,2-3,6-9H2,(H,12,15)/t10-/m1/s1. The molecule has 1 aliphatic heterocycles. The van der Waals surface area contributed by atoms with Gasteiger partial charge in [-0.25, -0.2) is 0 Å². The molecule has 88 valence electrons. The summed E-state index contributed by atoms with van der Waals surface area (Å²) in [5, 5.41) is 6.97. The summed E-state index contributed by atoms with van der Waals surface area (Å²) in [4.78, 5) is 11.5. The predicted octanol–water partition coefficient (Wildman–Crippen LogP) is 0.426. The average molecular weight is 223 g/mol. The molecule has 0 aromatic carbocycles. The topological polar surface area (TPSA) is 56.2 Å². The van der Waals surface area contributed by atoms with Gasteiger partial charge in [-0.1, -0.05) is 0 Å². The molecule has 5 nitrogen and oxygen atoms in total. The number of ether oxygens (including phenoxy) is 1. The monoisotopic (exact) mass is 223 g/mol. The van der Waals surface area contributed by atoms with Crippen LogP contribution in [-0.2, 0) is 16.1 Å². The summed E-state index contributed by atoms with van der Waals surface area (Å²) >= 11 is 0. The second-order valence-corrected chi connectivity index (χ2v) is 4.05. The minimum atomic E-state index is 0.0856. The molecule has 1 amide bonds. The van der Waals surface area contributed by atoms with E-state index in [0.29, 0.717) is 18.9 Å². The Morgan fingerprint density at radius 2 is 2.56 bits per heavy atom. The van der Waals surface area contributed by atoms with Crippen LogP contribution in [0, 0.1) is 5.92 Å². The zero-order valence-electron chi connectivity index (χ0n) is 9.26. The molecule has 1 atom stereocenters. The number of aryl methyl sites for hydroxylation is 1. The Balaban J connectivity index is 1.60. The summed E-state index contributed by atoms with van der Waals surface area (Å²) in [6.45, 7) is 2.98. The molecule has 1 aromatic rings. The van der Waals surface area contributed by atoms with Gasteiger partial charge in [-0.3, -0.25) is 9.48 Å². The third-order valence-electron chi connectivity index (χ3n) is 2.74. The molecular weight excluding hydrogens is 206 g/mol. The molecule has 0 bridgehead atoms. The van der Waals surface area contributed by atoms with E-state index in [1.165, 1.54) is 0 Å². The lowest BCUT2D eigenvalue weighted by Crippen LogP contribution is -2.30. The smallest absolute Gasteiger partial charge is 0.221 e. The first-order valence-electron chi connectivity index (χ1n) is 5.66. The van der Waals surface area contributed by atoms with Crippen molar-refractivity contribution in [2.75, 3.05) is 19.8 Å². The van der Waals surface area contributed by atoms with Crippen molar-refractivity contribution in [3.63, 3.8) is 0 Å². The predicted molar refractivity (Wildman–Crippen MR) is 58.8 cm³/mol. The summed E-state index contributed by atoms with van der Waals surface area (Å²) in [6, 6.07) is 1.85. The Hall–Kier alpha value is -1.36. The highest BCUT2D eigenvalue weighted by molar-refractivity contribution is 5.75. The first-order chi connectivity index (χ1) is 7.84. The van der Waals surface area contributed by atoms with Gasteiger partial charge in [-0.15, -0.1) is 0 Å². The molecule has 1 fully saturated rings. The second kappa shape index (κ2) is 5.65. The number of amides is 1. The largest absolute Gasteiger partial charge is 0.381 e. The van der Waals surface area contributed by atoms with E-state index < -0.39 is 0 Å². The number of nitrogens with one attached hydrogen (secondary N) is 1. The lowest BCUT2D eigenvalue weighted by molar-refractivity contribution is -0.121.